The topological polar surface area (TPSA) is 47.6 Å². The molecule has 0 spiro atoms. The van der Waals surface area contributed by atoms with E-state index in [9.17, 15) is 4.79 Å². The molecule has 0 bridgehead atoms. The minimum absolute atomic E-state index is 0.126. The van der Waals surface area contributed by atoms with Gasteiger partial charge in [0.15, 0.2) is 11.5 Å². The highest BCUT2D eigenvalue weighted by molar-refractivity contribution is 6.20. The zero-order valence-electron chi connectivity index (χ0n) is 12.5. The highest BCUT2D eigenvalue weighted by Crippen LogP contribution is 2.31. The number of methoxy groups -OCH3 is 2. The number of benzene rings is 1. The number of hydrogen-bond acceptors (Lipinski definition) is 3. The molecule has 1 aliphatic carbocycles. The Morgan fingerprint density at radius 3 is 2.57 bits per heavy atom. The fourth-order valence-electron chi connectivity index (χ4n) is 2.72. The van der Waals surface area contributed by atoms with Crippen molar-refractivity contribution in [2.45, 2.75) is 31.1 Å². The SMILES string of the molecule is COc1cccc(C(=O)NCC2CCC(Cl)CC2)c1OC. The highest BCUT2D eigenvalue weighted by atomic mass is 35.5. The van der Waals surface area contributed by atoms with E-state index in [1.807, 2.05) is 0 Å². The third kappa shape index (κ3) is 4.03. The van der Waals surface area contributed by atoms with Crippen LogP contribution in [0, 0.1) is 5.92 Å². The molecule has 1 N–H and O–H groups in total. The number of carbonyl (C=O) groups excluding carboxylic acids is 1. The van der Waals surface area contributed by atoms with Crippen LogP contribution in [0.3, 0.4) is 0 Å². The van der Waals surface area contributed by atoms with E-state index in [0.717, 1.165) is 25.7 Å². The normalized spacial score (nSPS) is 21.7. The largest absolute Gasteiger partial charge is 0.493 e. The van der Waals surface area contributed by atoms with Crippen molar-refractivity contribution in [1.82, 2.24) is 5.32 Å². The van der Waals surface area contributed by atoms with Gasteiger partial charge in [-0.25, -0.2) is 0 Å². The van der Waals surface area contributed by atoms with E-state index in [4.69, 9.17) is 21.1 Å². The van der Waals surface area contributed by atoms with Gasteiger partial charge in [0.1, 0.15) is 0 Å². The average molecular weight is 312 g/mol. The molecule has 0 unspecified atom stereocenters. The van der Waals surface area contributed by atoms with Crippen LogP contribution in [0.15, 0.2) is 18.2 Å². The van der Waals surface area contributed by atoms with Crippen molar-refractivity contribution < 1.29 is 14.3 Å². The molecule has 116 valence electrons. The smallest absolute Gasteiger partial charge is 0.255 e. The monoisotopic (exact) mass is 311 g/mol. The molecule has 0 radical (unpaired) electrons. The van der Waals surface area contributed by atoms with Crippen LogP contribution >= 0.6 is 11.6 Å². The van der Waals surface area contributed by atoms with Gasteiger partial charge in [-0.2, -0.15) is 0 Å². The summed E-state index contributed by atoms with van der Waals surface area (Å²) in [6, 6.07) is 5.30. The summed E-state index contributed by atoms with van der Waals surface area (Å²) in [7, 11) is 3.10. The van der Waals surface area contributed by atoms with Gasteiger partial charge in [0, 0.05) is 11.9 Å². The van der Waals surface area contributed by atoms with Gasteiger partial charge in [-0.1, -0.05) is 6.07 Å². The van der Waals surface area contributed by atoms with Crippen LogP contribution in [0.1, 0.15) is 36.0 Å². The van der Waals surface area contributed by atoms with E-state index >= 15 is 0 Å². The Morgan fingerprint density at radius 2 is 1.95 bits per heavy atom. The van der Waals surface area contributed by atoms with Gasteiger partial charge < -0.3 is 14.8 Å². The lowest BCUT2D eigenvalue weighted by atomic mass is 9.89. The summed E-state index contributed by atoms with van der Waals surface area (Å²) in [5.74, 6) is 1.43. The summed E-state index contributed by atoms with van der Waals surface area (Å²) < 4.78 is 10.5. The number of nitrogens with one attached hydrogen (secondary N) is 1. The van der Waals surface area contributed by atoms with Gasteiger partial charge in [-0.15, -0.1) is 11.6 Å². The standard InChI is InChI=1S/C16H22ClNO3/c1-20-14-5-3-4-13(15(14)21-2)16(19)18-10-11-6-8-12(17)9-7-11/h3-5,11-12H,6-10H2,1-2H3,(H,18,19). The van der Waals surface area contributed by atoms with Gasteiger partial charge in [-0.05, 0) is 43.7 Å². The van der Waals surface area contributed by atoms with Crippen LogP contribution in [0.2, 0.25) is 0 Å². The molecule has 0 atom stereocenters. The molecule has 0 saturated heterocycles. The molecule has 0 aromatic heterocycles. The van der Waals surface area contributed by atoms with E-state index < -0.39 is 0 Å². The number of para-hydroxylation sites is 1. The van der Waals surface area contributed by atoms with Gasteiger partial charge in [0.25, 0.3) is 5.91 Å². The predicted molar refractivity (Wildman–Crippen MR) is 83.5 cm³/mol. The second-order valence-corrected chi connectivity index (χ2v) is 5.99. The Hall–Kier alpha value is -1.42. The summed E-state index contributed by atoms with van der Waals surface area (Å²) in [5, 5.41) is 3.29. The summed E-state index contributed by atoms with van der Waals surface area (Å²) >= 11 is 6.10. The second kappa shape index (κ2) is 7.55. The highest BCUT2D eigenvalue weighted by Gasteiger charge is 2.21. The Labute approximate surface area is 130 Å². The first kappa shape index (κ1) is 16.0. The number of halogens is 1. The maximum Gasteiger partial charge on any atom is 0.255 e. The van der Waals surface area contributed by atoms with Crippen LogP contribution in [0.25, 0.3) is 0 Å². The zero-order valence-corrected chi connectivity index (χ0v) is 13.3. The summed E-state index contributed by atoms with van der Waals surface area (Å²) in [5.41, 5.74) is 0.503. The fraction of sp³-hybridized carbons (Fsp3) is 0.562. The first-order chi connectivity index (χ1) is 10.2. The van der Waals surface area contributed by atoms with Crippen molar-refractivity contribution in [2.24, 2.45) is 5.92 Å². The summed E-state index contributed by atoms with van der Waals surface area (Å²) in [6.45, 7) is 0.683. The minimum atomic E-state index is -0.126. The lowest BCUT2D eigenvalue weighted by molar-refractivity contribution is 0.0940. The van der Waals surface area contributed by atoms with Gasteiger partial charge in [0.05, 0.1) is 19.8 Å². The maximum absolute atomic E-state index is 12.3. The van der Waals surface area contributed by atoms with Gasteiger partial charge in [-0.3, -0.25) is 4.79 Å². The Kier molecular flexibility index (Phi) is 5.74. The first-order valence-electron chi connectivity index (χ1n) is 7.29. The number of hydrogen-bond donors (Lipinski definition) is 1. The Morgan fingerprint density at radius 1 is 1.24 bits per heavy atom. The van der Waals surface area contributed by atoms with Crippen molar-refractivity contribution in [3.63, 3.8) is 0 Å². The van der Waals surface area contributed by atoms with Crippen LogP contribution < -0.4 is 14.8 Å². The van der Waals surface area contributed by atoms with E-state index in [0.29, 0.717) is 34.9 Å². The molecule has 0 heterocycles. The number of amides is 1. The van der Waals surface area contributed by atoms with Gasteiger partial charge in [0.2, 0.25) is 0 Å². The van der Waals surface area contributed by atoms with E-state index in [2.05, 4.69) is 5.32 Å². The van der Waals surface area contributed by atoms with Crippen molar-refractivity contribution in [3.05, 3.63) is 23.8 Å². The van der Waals surface area contributed by atoms with Gasteiger partial charge >= 0.3 is 0 Å². The molecular formula is C16H22ClNO3. The van der Waals surface area contributed by atoms with Crippen LogP contribution in [0.5, 0.6) is 11.5 Å². The molecule has 0 aliphatic heterocycles. The van der Waals surface area contributed by atoms with E-state index in [1.54, 1.807) is 25.3 Å². The summed E-state index contributed by atoms with van der Waals surface area (Å²) in [6.07, 6.45) is 4.21. The fourth-order valence-corrected chi connectivity index (χ4v) is 2.98. The second-order valence-electron chi connectivity index (χ2n) is 5.37. The number of ether oxygens (including phenoxy) is 2. The van der Waals surface area contributed by atoms with Crippen LogP contribution in [0.4, 0.5) is 0 Å². The van der Waals surface area contributed by atoms with Crippen LogP contribution in [-0.4, -0.2) is 32.0 Å². The lowest BCUT2D eigenvalue weighted by Crippen LogP contribution is -2.31. The molecule has 1 aliphatic rings. The average Bonchev–Trinajstić information content (AvgIpc) is 2.53. The number of alkyl halides is 1. The van der Waals surface area contributed by atoms with Crippen molar-refractivity contribution in [1.29, 1.82) is 0 Å². The van der Waals surface area contributed by atoms with Crippen molar-refractivity contribution >= 4 is 17.5 Å². The minimum Gasteiger partial charge on any atom is -0.493 e. The number of carbonyl (C=O) groups is 1. The summed E-state index contributed by atoms with van der Waals surface area (Å²) in [4.78, 5) is 12.3. The lowest BCUT2D eigenvalue weighted by Gasteiger charge is -2.25. The van der Waals surface area contributed by atoms with Crippen LogP contribution in [-0.2, 0) is 0 Å². The Balaban J connectivity index is 1.97. The molecular weight excluding hydrogens is 290 g/mol. The van der Waals surface area contributed by atoms with Crippen molar-refractivity contribution in [2.75, 3.05) is 20.8 Å². The molecule has 21 heavy (non-hydrogen) atoms. The molecule has 1 aromatic carbocycles. The third-order valence-electron chi connectivity index (χ3n) is 3.98. The molecule has 1 amide bonds. The molecule has 1 saturated carbocycles. The number of rotatable bonds is 5. The third-order valence-corrected chi connectivity index (χ3v) is 4.41. The first-order valence-corrected chi connectivity index (χ1v) is 7.72. The van der Waals surface area contributed by atoms with E-state index in [1.165, 1.54) is 7.11 Å². The molecule has 4 nitrogen and oxygen atoms in total. The van der Waals surface area contributed by atoms with E-state index in [-0.39, 0.29) is 5.91 Å². The molecule has 1 aromatic rings. The maximum atomic E-state index is 12.3. The molecule has 2 rings (SSSR count). The zero-order chi connectivity index (χ0) is 15.2. The predicted octanol–water partition coefficient (Wildman–Crippen LogP) is 3.23. The van der Waals surface area contributed by atoms with Crippen molar-refractivity contribution in [3.8, 4) is 11.5 Å². The molecule has 1 fully saturated rings. The Bertz CT molecular complexity index is 484. The molecule has 5 heteroatoms. The quantitative estimate of drug-likeness (QED) is 0.849.